The maximum Gasteiger partial charge on any atom is 0.224 e. The van der Waals surface area contributed by atoms with E-state index in [4.69, 9.17) is 9.84 Å². The van der Waals surface area contributed by atoms with E-state index in [2.05, 4.69) is 34.4 Å². The van der Waals surface area contributed by atoms with Crippen molar-refractivity contribution in [1.82, 2.24) is 9.97 Å². The molecule has 0 bridgehead atoms. The van der Waals surface area contributed by atoms with Crippen LogP contribution in [0.1, 0.15) is 13.8 Å². The van der Waals surface area contributed by atoms with Crippen LogP contribution < -0.4 is 4.74 Å². The normalized spacial score (nSPS) is 10.6. The number of ether oxygens (including phenoxy) is 1. The van der Waals surface area contributed by atoms with Crippen molar-refractivity contribution in [3.8, 4) is 11.6 Å². The summed E-state index contributed by atoms with van der Waals surface area (Å²) in [6.07, 6.45) is 7.40. The van der Waals surface area contributed by atoms with Gasteiger partial charge in [0, 0.05) is 43.5 Å². The van der Waals surface area contributed by atoms with E-state index in [0.717, 1.165) is 10.8 Å². The molecule has 2 heterocycles. The van der Waals surface area contributed by atoms with Gasteiger partial charge in [-0.15, -0.1) is 6.07 Å². The van der Waals surface area contributed by atoms with Gasteiger partial charge >= 0.3 is 0 Å². The maximum atomic E-state index is 10.0. The van der Waals surface area contributed by atoms with E-state index in [-0.39, 0.29) is 31.6 Å². The molecule has 0 spiro atoms. The molecule has 0 aliphatic carbocycles. The topological polar surface area (TPSA) is 72.3 Å². The molecule has 29 heavy (non-hydrogen) atoms. The molecular weight excluding hydrogens is 544 g/mol. The number of hydrogen-bond donors (Lipinski definition) is 1. The third-order valence-electron chi connectivity index (χ3n) is 3.84. The van der Waals surface area contributed by atoms with Crippen LogP contribution in [0.15, 0.2) is 78.8 Å². The van der Waals surface area contributed by atoms with E-state index in [9.17, 15) is 4.79 Å². The molecule has 149 valence electrons. The van der Waals surface area contributed by atoms with Crippen LogP contribution in [0.4, 0.5) is 0 Å². The minimum atomic E-state index is -0.125. The number of aromatic nitrogens is 2. The first-order chi connectivity index (χ1) is 13.5. The predicted molar refractivity (Wildman–Crippen MR) is 109 cm³/mol. The molecule has 0 amide bonds. The third kappa shape index (κ3) is 5.95. The van der Waals surface area contributed by atoms with E-state index in [0.29, 0.717) is 11.6 Å². The van der Waals surface area contributed by atoms with Crippen molar-refractivity contribution in [2.45, 2.75) is 13.8 Å². The number of carbonyl (C=O) groups excluding carboxylic acids is 1. The molecular formula is C23H19IrN2O3-. The minimum absolute atomic E-state index is 0. The number of rotatable bonds is 3. The van der Waals surface area contributed by atoms with Crippen molar-refractivity contribution >= 4 is 27.3 Å². The zero-order chi connectivity index (χ0) is 19.9. The molecule has 0 fully saturated rings. The van der Waals surface area contributed by atoms with Gasteiger partial charge in [0.15, 0.2) is 5.78 Å². The number of hydrogen-bond acceptors (Lipinski definition) is 5. The average Bonchev–Trinajstić information content (AvgIpc) is 2.68. The summed E-state index contributed by atoms with van der Waals surface area (Å²) in [5, 5.41) is 12.9. The average molecular weight is 564 g/mol. The molecule has 0 unspecified atom stereocenters. The fourth-order valence-corrected chi connectivity index (χ4v) is 2.76. The third-order valence-corrected chi connectivity index (χ3v) is 3.84. The monoisotopic (exact) mass is 564 g/mol. The van der Waals surface area contributed by atoms with Crippen LogP contribution in [0.2, 0.25) is 0 Å². The second kappa shape index (κ2) is 10.5. The first-order valence-electron chi connectivity index (χ1n) is 8.69. The Labute approximate surface area is 182 Å². The quantitative estimate of drug-likeness (QED) is 0.156. The Hall–Kier alpha value is -3.08. The predicted octanol–water partition coefficient (Wildman–Crippen LogP) is 5.41. The Morgan fingerprint density at radius 2 is 1.76 bits per heavy atom. The van der Waals surface area contributed by atoms with Gasteiger partial charge in [0.25, 0.3) is 0 Å². The number of nitrogens with zero attached hydrogens (tertiary/aromatic N) is 2. The van der Waals surface area contributed by atoms with Crippen LogP contribution >= 0.6 is 0 Å². The number of allylic oxidation sites excluding steroid dienone is 2. The Balaban J connectivity index is 0.000000327. The summed E-state index contributed by atoms with van der Waals surface area (Å²) in [4.78, 5) is 18.3. The van der Waals surface area contributed by atoms with E-state index < -0.39 is 0 Å². The van der Waals surface area contributed by atoms with Crippen LogP contribution in [0.25, 0.3) is 21.5 Å². The summed E-state index contributed by atoms with van der Waals surface area (Å²) in [7, 11) is 0. The molecule has 4 aromatic rings. The van der Waals surface area contributed by atoms with E-state index in [1.165, 1.54) is 30.7 Å². The number of aliphatic hydroxyl groups excluding tert-OH is 1. The molecule has 0 saturated carbocycles. The molecule has 4 rings (SSSR count). The summed E-state index contributed by atoms with van der Waals surface area (Å²) in [6.45, 7) is 2.85. The van der Waals surface area contributed by atoms with Gasteiger partial charge in [-0.25, -0.2) is 4.98 Å². The fraction of sp³-hybridized carbons (Fsp3) is 0.0870. The molecule has 2 aromatic carbocycles. The van der Waals surface area contributed by atoms with Crippen LogP contribution in [-0.4, -0.2) is 20.9 Å². The van der Waals surface area contributed by atoms with Crippen molar-refractivity contribution in [1.29, 1.82) is 0 Å². The van der Waals surface area contributed by atoms with Crippen molar-refractivity contribution in [2.24, 2.45) is 0 Å². The molecule has 2 aromatic heterocycles. The van der Waals surface area contributed by atoms with Gasteiger partial charge in [-0.05, 0) is 48.3 Å². The second-order valence-corrected chi connectivity index (χ2v) is 6.11. The van der Waals surface area contributed by atoms with Gasteiger partial charge in [0.05, 0.1) is 5.76 Å². The smallest absolute Gasteiger partial charge is 0.224 e. The molecule has 6 heteroatoms. The number of ketones is 1. The van der Waals surface area contributed by atoms with Crippen molar-refractivity contribution in [2.75, 3.05) is 0 Å². The van der Waals surface area contributed by atoms with Crippen molar-refractivity contribution in [3.63, 3.8) is 0 Å². The summed E-state index contributed by atoms with van der Waals surface area (Å²) in [6, 6.07) is 18.0. The Bertz CT molecular complexity index is 1140. The SMILES string of the molecule is CC(=O)/C=C(/C)O.[Ir].[c-]1ncccc1Oc1nccc2c1ccc1ccccc12. The zero-order valence-electron chi connectivity index (χ0n) is 15.9. The van der Waals surface area contributed by atoms with Gasteiger partial charge in [-0.2, -0.15) is 6.07 Å². The Morgan fingerprint density at radius 1 is 0.966 bits per heavy atom. The second-order valence-electron chi connectivity index (χ2n) is 6.11. The standard InChI is InChI=1S/C18H11N2O.C5H8O2.Ir/c1-2-6-15-13(4-1)7-8-17-16(15)9-11-20-18(17)21-14-5-3-10-19-12-14;1-4(6)3-5(2)7;/h1-11H;3,6H,1-2H3;/q-1;;/b;4-3-;. The summed E-state index contributed by atoms with van der Waals surface area (Å²) in [5.41, 5.74) is 0. The van der Waals surface area contributed by atoms with Gasteiger partial charge in [-0.1, -0.05) is 36.5 Å². The van der Waals surface area contributed by atoms with E-state index >= 15 is 0 Å². The van der Waals surface area contributed by atoms with E-state index in [1.54, 1.807) is 12.4 Å². The number of fused-ring (bicyclic) bond motifs is 3. The summed E-state index contributed by atoms with van der Waals surface area (Å²) < 4.78 is 5.81. The molecule has 1 radical (unpaired) electrons. The first-order valence-corrected chi connectivity index (χ1v) is 8.69. The molecule has 5 nitrogen and oxygen atoms in total. The van der Waals surface area contributed by atoms with Crippen molar-refractivity contribution in [3.05, 3.63) is 85.0 Å². The molecule has 0 aliphatic rings. The van der Waals surface area contributed by atoms with Crippen LogP contribution in [0.5, 0.6) is 11.6 Å². The number of carbonyl (C=O) groups is 1. The largest absolute Gasteiger partial charge is 0.512 e. The summed E-state index contributed by atoms with van der Waals surface area (Å²) in [5.74, 6) is 1.07. The summed E-state index contributed by atoms with van der Waals surface area (Å²) >= 11 is 0. The number of benzene rings is 2. The fourth-order valence-electron chi connectivity index (χ4n) is 2.76. The molecule has 0 aliphatic heterocycles. The number of pyridine rings is 2. The van der Waals surface area contributed by atoms with Gasteiger partial charge in [0.2, 0.25) is 5.88 Å². The van der Waals surface area contributed by atoms with Crippen LogP contribution in [-0.2, 0) is 24.9 Å². The van der Waals surface area contributed by atoms with Gasteiger partial charge in [-0.3, -0.25) is 4.79 Å². The minimum Gasteiger partial charge on any atom is -0.512 e. The Kier molecular flexibility index (Phi) is 8.01. The van der Waals surface area contributed by atoms with Gasteiger partial charge < -0.3 is 14.8 Å². The van der Waals surface area contributed by atoms with Crippen LogP contribution in [0, 0.1) is 6.20 Å². The first kappa shape index (κ1) is 22.2. The Morgan fingerprint density at radius 3 is 2.41 bits per heavy atom. The maximum absolute atomic E-state index is 10.0. The van der Waals surface area contributed by atoms with E-state index in [1.807, 2.05) is 36.4 Å². The van der Waals surface area contributed by atoms with Crippen LogP contribution in [0.3, 0.4) is 0 Å². The molecule has 1 N–H and O–H groups in total. The van der Waals surface area contributed by atoms with Gasteiger partial charge in [0.1, 0.15) is 0 Å². The number of aliphatic hydroxyl groups is 1. The van der Waals surface area contributed by atoms with Crippen molar-refractivity contribution < 1.29 is 34.7 Å². The molecule has 0 atom stereocenters. The zero-order valence-corrected chi connectivity index (χ0v) is 18.3. The molecule has 0 saturated heterocycles.